The van der Waals surface area contributed by atoms with Crippen molar-refractivity contribution in [2.24, 2.45) is 5.92 Å². The Morgan fingerprint density at radius 1 is 1.90 bits per heavy atom. The highest BCUT2D eigenvalue weighted by Gasteiger charge is 2.20. The molecule has 0 fully saturated rings. The Balaban J connectivity index is 2.55. The molecule has 54 valence electrons. The predicted octanol–water partition coefficient (Wildman–Crippen LogP) is 2.10. The smallest absolute Gasteiger partial charge is 0.159 e. The van der Waals surface area contributed by atoms with E-state index in [0.717, 1.165) is 12.8 Å². The van der Waals surface area contributed by atoms with Gasteiger partial charge in [-0.1, -0.05) is 11.6 Å². The van der Waals surface area contributed by atoms with Crippen LogP contribution in [-0.2, 0) is 4.79 Å². The maximum atomic E-state index is 11.1. The number of hydrogen-bond acceptors (Lipinski definition) is 1. The molecule has 1 heteroatoms. The van der Waals surface area contributed by atoms with E-state index < -0.39 is 0 Å². The first-order chi connectivity index (χ1) is 4.74. The van der Waals surface area contributed by atoms with Crippen LogP contribution in [0.5, 0.6) is 0 Å². The van der Waals surface area contributed by atoms with E-state index in [0.29, 0.717) is 0 Å². The van der Waals surface area contributed by atoms with Gasteiger partial charge in [-0.3, -0.25) is 4.79 Å². The molecule has 0 aliphatic heterocycles. The van der Waals surface area contributed by atoms with Gasteiger partial charge in [-0.2, -0.15) is 0 Å². The summed E-state index contributed by atoms with van der Waals surface area (Å²) in [6.07, 6.45) is 5.32. The molecule has 0 amide bonds. The fourth-order valence-corrected chi connectivity index (χ4v) is 1.31. The van der Waals surface area contributed by atoms with Crippen LogP contribution in [0, 0.1) is 5.92 Å². The van der Waals surface area contributed by atoms with E-state index in [1.54, 1.807) is 6.08 Å². The fourth-order valence-electron chi connectivity index (χ4n) is 1.31. The standard InChI is InChI=1S/C9H12O/c1-3-4-8-5-7(2)6-9(8)10/h3,6,8H,1,4-5H2,2H3. The predicted molar refractivity (Wildman–Crippen MR) is 41.7 cm³/mol. The van der Waals surface area contributed by atoms with Crippen LogP contribution >= 0.6 is 0 Å². The molecule has 0 radical (unpaired) electrons. The summed E-state index contributed by atoms with van der Waals surface area (Å²) in [6, 6.07) is 0. The van der Waals surface area contributed by atoms with Crippen molar-refractivity contribution in [3.63, 3.8) is 0 Å². The lowest BCUT2D eigenvalue weighted by molar-refractivity contribution is -0.117. The molecule has 1 aliphatic carbocycles. The van der Waals surface area contributed by atoms with Crippen molar-refractivity contribution in [3.05, 3.63) is 24.3 Å². The van der Waals surface area contributed by atoms with Gasteiger partial charge in [0.15, 0.2) is 5.78 Å². The summed E-state index contributed by atoms with van der Waals surface area (Å²) >= 11 is 0. The molecular weight excluding hydrogens is 124 g/mol. The molecule has 1 nitrogen and oxygen atoms in total. The summed E-state index contributed by atoms with van der Waals surface area (Å²) < 4.78 is 0. The lowest BCUT2D eigenvalue weighted by atomic mass is 10.0. The van der Waals surface area contributed by atoms with Gasteiger partial charge >= 0.3 is 0 Å². The second-order valence-electron chi connectivity index (χ2n) is 2.82. The monoisotopic (exact) mass is 136 g/mol. The van der Waals surface area contributed by atoms with Crippen molar-refractivity contribution < 1.29 is 4.79 Å². The Bertz CT molecular complexity index is 189. The van der Waals surface area contributed by atoms with Crippen LogP contribution in [0.1, 0.15) is 19.8 Å². The number of carbonyl (C=O) groups is 1. The average Bonchev–Trinajstić information content (AvgIpc) is 2.13. The summed E-state index contributed by atoms with van der Waals surface area (Å²) in [5.41, 5.74) is 1.21. The second-order valence-corrected chi connectivity index (χ2v) is 2.82. The van der Waals surface area contributed by atoms with E-state index in [2.05, 4.69) is 6.58 Å². The SMILES string of the molecule is C=CCC1CC(C)=CC1=O. The van der Waals surface area contributed by atoms with Crippen molar-refractivity contribution in [1.82, 2.24) is 0 Å². The molecule has 0 aromatic heterocycles. The molecule has 1 unspecified atom stereocenters. The van der Waals surface area contributed by atoms with Gasteiger partial charge in [0.25, 0.3) is 0 Å². The minimum absolute atomic E-state index is 0.206. The summed E-state index contributed by atoms with van der Waals surface area (Å²) in [6.45, 7) is 5.61. The van der Waals surface area contributed by atoms with Crippen molar-refractivity contribution in [1.29, 1.82) is 0 Å². The maximum Gasteiger partial charge on any atom is 0.159 e. The molecule has 0 aromatic carbocycles. The summed E-state index contributed by atoms with van der Waals surface area (Å²) in [5, 5.41) is 0. The summed E-state index contributed by atoms with van der Waals surface area (Å²) in [5.74, 6) is 0.481. The molecule has 10 heavy (non-hydrogen) atoms. The molecule has 0 saturated carbocycles. The van der Waals surface area contributed by atoms with Crippen LogP contribution in [0.3, 0.4) is 0 Å². The molecule has 0 N–H and O–H groups in total. The van der Waals surface area contributed by atoms with E-state index in [-0.39, 0.29) is 11.7 Å². The van der Waals surface area contributed by atoms with Gasteiger partial charge in [-0.25, -0.2) is 0 Å². The molecule has 0 heterocycles. The first kappa shape index (κ1) is 7.26. The van der Waals surface area contributed by atoms with Crippen molar-refractivity contribution in [3.8, 4) is 0 Å². The number of ketones is 1. The molecule has 0 saturated heterocycles. The lowest BCUT2D eigenvalue weighted by Gasteiger charge is -2.01. The zero-order valence-electron chi connectivity index (χ0n) is 6.26. The Morgan fingerprint density at radius 2 is 2.60 bits per heavy atom. The third-order valence-electron chi connectivity index (χ3n) is 1.81. The Morgan fingerprint density at radius 3 is 3.00 bits per heavy atom. The first-order valence-electron chi connectivity index (χ1n) is 3.56. The Kier molecular flexibility index (Phi) is 2.05. The minimum atomic E-state index is 0.206. The highest BCUT2D eigenvalue weighted by atomic mass is 16.1. The van der Waals surface area contributed by atoms with Crippen LogP contribution in [0.25, 0.3) is 0 Å². The van der Waals surface area contributed by atoms with Gasteiger partial charge < -0.3 is 0 Å². The molecule has 1 aliphatic rings. The third kappa shape index (κ3) is 1.35. The highest BCUT2D eigenvalue weighted by molar-refractivity contribution is 5.95. The normalized spacial score (nSPS) is 24.7. The number of allylic oxidation sites excluding steroid dienone is 3. The highest BCUT2D eigenvalue weighted by Crippen LogP contribution is 2.23. The molecule has 0 bridgehead atoms. The first-order valence-corrected chi connectivity index (χ1v) is 3.56. The van der Waals surface area contributed by atoms with E-state index >= 15 is 0 Å². The molecule has 1 atom stereocenters. The topological polar surface area (TPSA) is 17.1 Å². The van der Waals surface area contributed by atoms with Crippen molar-refractivity contribution in [2.75, 3.05) is 0 Å². The largest absolute Gasteiger partial charge is 0.295 e. The number of hydrogen-bond donors (Lipinski definition) is 0. The van der Waals surface area contributed by atoms with Crippen LogP contribution in [0.4, 0.5) is 0 Å². The summed E-state index contributed by atoms with van der Waals surface area (Å²) in [4.78, 5) is 11.1. The van der Waals surface area contributed by atoms with Gasteiger partial charge in [0.2, 0.25) is 0 Å². The second kappa shape index (κ2) is 2.82. The van der Waals surface area contributed by atoms with E-state index in [4.69, 9.17) is 0 Å². The number of carbonyl (C=O) groups excluding carboxylic acids is 1. The van der Waals surface area contributed by atoms with E-state index in [1.807, 2.05) is 13.0 Å². The van der Waals surface area contributed by atoms with Gasteiger partial charge in [-0.15, -0.1) is 6.58 Å². The molecule has 0 aromatic rings. The van der Waals surface area contributed by atoms with Crippen LogP contribution in [-0.4, -0.2) is 5.78 Å². The van der Waals surface area contributed by atoms with E-state index in [9.17, 15) is 4.79 Å². The quantitative estimate of drug-likeness (QED) is 0.531. The molecular formula is C9H12O. The number of rotatable bonds is 2. The zero-order valence-corrected chi connectivity index (χ0v) is 6.26. The maximum absolute atomic E-state index is 11.1. The van der Waals surface area contributed by atoms with Crippen LogP contribution in [0.2, 0.25) is 0 Å². The van der Waals surface area contributed by atoms with Crippen LogP contribution < -0.4 is 0 Å². The van der Waals surface area contributed by atoms with E-state index in [1.165, 1.54) is 5.57 Å². The van der Waals surface area contributed by atoms with Crippen molar-refractivity contribution in [2.45, 2.75) is 19.8 Å². The van der Waals surface area contributed by atoms with Gasteiger partial charge in [0.1, 0.15) is 0 Å². The molecule has 1 rings (SSSR count). The fraction of sp³-hybridized carbons (Fsp3) is 0.444. The van der Waals surface area contributed by atoms with Gasteiger partial charge in [0, 0.05) is 5.92 Å². The molecule has 0 spiro atoms. The lowest BCUT2D eigenvalue weighted by Crippen LogP contribution is -2.04. The Labute approximate surface area is 61.4 Å². The van der Waals surface area contributed by atoms with Crippen LogP contribution in [0.15, 0.2) is 24.3 Å². The van der Waals surface area contributed by atoms with Crippen molar-refractivity contribution >= 4 is 5.78 Å². The average molecular weight is 136 g/mol. The zero-order chi connectivity index (χ0) is 7.56. The van der Waals surface area contributed by atoms with Gasteiger partial charge in [0.05, 0.1) is 0 Å². The van der Waals surface area contributed by atoms with Gasteiger partial charge in [-0.05, 0) is 25.8 Å². The summed E-state index contributed by atoms with van der Waals surface area (Å²) in [7, 11) is 0. The third-order valence-corrected chi connectivity index (χ3v) is 1.81. The Hall–Kier alpha value is -0.850. The minimum Gasteiger partial charge on any atom is -0.295 e.